The second kappa shape index (κ2) is 6.89. The Morgan fingerprint density at radius 2 is 2.00 bits per heavy atom. The zero-order chi connectivity index (χ0) is 15.4. The van der Waals surface area contributed by atoms with Crippen LogP contribution < -0.4 is 0 Å². The van der Waals surface area contributed by atoms with Crippen molar-refractivity contribution in [3.8, 4) is 0 Å². The number of halogens is 2. The lowest BCUT2D eigenvalue weighted by Crippen LogP contribution is -2.38. The molecule has 0 aromatic heterocycles. The van der Waals surface area contributed by atoms with Gasteiger partial charge in [0, 0.05) is 11.4 Å². The van der Waals surface area contributed by atoms with E-state index in [1.165, 1.54) is 11.0 Å². The number of amides is 1. The Labute approximate surface area is 125 Å². The third kappa shape index (κ3) is 5.00. The van der Waals surface area contributed by atoms with Crippen molar-refractivity contribution >= 4 is 23.6 Å². The number of hydrogen-bond acceptors (Lipinski definition) is 3. The minimum Gasteiger partial charge on any atom is -0.480 e. The van der Waals surface area contributed by atoms with E-state index in [1.807, 2.05) is 0 Å². The van der Waals surface area contributed by atoms with Crippen molar-refractivity contribution < 1.29 is 23.5 Å². The maximum Gasteiger partial charge on any atom is 0.323 e. The van der Waals surface area contributed by atoms with Crippen molar-refractivity contribution in [2.75, 3.05) is 18.8 Å². The fourth-order valence-electron chi connectivity index (χ4n) is 1.83. The SMILES string of the molecule is O=C(O)CN(CC1CC1)C(=O)CSc1ccc(F)c(F)c1. The van der Waals surface area contributed by atoms with E-state index in [4.69, 9.17) is 5.11 Å². The van der Waals surface area contributed by atoms with E-state index >= 15 is 0 Å². The lowest BCUT2D eigenvalue weighted by molar-refractivity contribution is -0.143. The van der Waals surface area contributed by atoms with Crippen LogP contribution in [0.3, 0.4) is 0 Å². The van der Waals surface area contributed by atoms with Crippen LogP contribution in [0.2, 0.25) is 0 Å². The smallest absolute Gasteiger partial charge is 0.323 e. The number of benzene rings is 1. The Morgan fingerprint density at radius 3 is 2.57 bits per heavy atom. The molecule has 0 bridgehead atoms. The van der Waals surface area contributed by atoms with Crippen LogP contribution in [0.15, 0.2) is 23.1 Å². The number of hydrogen-bond donors (Lipinski definition) is 1. The normalized spacial score (nSPS) is 14.0. The molecule has 4 nitrogen and oxygen atoms in total. The van der Waals surface area contributed by atoms with Crippen LogP contribution >= 0.6 is 11.8 Å². The van der Waals surface area contributed by atoms with Crippen LogP contribution in [0.25, 0.3) is 0 Å². The molecule has 0 radical (unpaired) electrons. The molecule has 21 heavy (non-hydrogen) atoms. The molecule has 0 atom stereocenters. The number of aliphatic carboxylic acids is 1. The highest BCUT2D eigenvalue weighted by atomic mass is 32.2. The summed E-state index contributed by atoms with van der Waals surface area (Å²) >= 11 is 1.06. The van der Waals surface area contributed by atoms with Gasteiger partial charge >= 0.3 is 5.97 Å². The minimum atomic E-state index is -1.05. The molecule has 0 saturated heterocycles. The Hall–Kier alpha value is -1.63. The highest BCUT2D eigenvalue weighted by Crippen LogP contribution is 2.30. The van der Waals surface area contributed by atoms with Gasteiger partial charge in [-0.1, -0.05) is 0 Å². The molecule has 1 amide bonds. The van der Waals surface area contributed by atoms with E-state index in [1.54, 1.807) is 0 Å². The van der Waals surface area contributed by atoms with Gasteiger partial charge in [-0.25, -0.2) is 8.78 Å². The quantitative estimate of drug-likeness (QED) is 0.785. The van der Waals surface area contributed by atoms with Crippen molar-refractivity contribution in [3.63, 3.8) is 0 Å². The molecular formula is C14H15F2NO3S. The Morgan fingerprint density at radius 1 is 1.29 bits per heavy atom. The molecule has 1 N–H and O–H groups in total. The van der Waals surface area contributed by atoms with E-state index < -0.39 is 17.6 Å². The number of carbonyl (C=O) groups is 2. The first-order chi connectivity index (χ1) is 9.95. The molecule has 0 aliphatic heterocycles. The van der Waals surface area contributed by atoms with Crippen molar-refractivity contribution in [1.29, 1.82) is 0 Å². The van der Waals surface area contributed by atoms with Crippen molar-refractivity contribution in [3.05, 3.63) is 29.8 Å². The molecule has 1 aliphatic rings. The summed E-state index contributed by atoms with van der Waals surface area (Å²) in [4.78, 5) is 24.6. The van der Waals surface area contributed by atoms with Crippen LogP contribution in [-0.2, 0) is 9.59 Å². The number of thioether (sulfide) groups is 1. The number of carbonyl (C=O) groups excluding carboxylic acids is 1. The summed E-state index contributed by atoms with van der Waals surface area (Å²) in [6.07, 6.45) is 2.03. The third-order valence-corrected chi connectivity index (χ3v) is 4.09. The number of rotatable bonds is 7. The molecular weight excluding hydrogens is 300 g/mol. The van der Waals surface area contributed by atoms with Gasteiger partial charge in [0.15, 0.2) is 11.6 Å². The molecule has 0 spiro atoms. The average molecular weight is 315 g/mol. The number of carboxylic acids is 1. The van der Waals surface area contributed by atoms with E-state index in [0.29, 0.717) is 17.4 Å². The first-order valence-corrected chi connectivity index (χ1v) is 7.51. The number of nitrogens with zero attached hydrogens (tertiary/aromatic N) is 1. The molecule has 0 unspecified atom stereocenters. The molecule has 1 fully saturated rings. The standard InChI is InChI=1S/C14H15F2NO3S/c15-11-4-3-10(5-12(11)16)21-8-13(18)17(7-14(19)20)6-9-1-2-9/h3-5,9H,1-2,6-8H2,(H,19,20). The molecule has 1 aliphatic carbocycles. The molecule has 1 saturated carbocycles. The van der Waals surface area contributed by atoms with Crippen molar-refractivity contribution in [1.82, 2.24) is 4.90 Å². The van der Waals surface area contributed by atoms with Gasteiger partial charge in [0.2, 0.25) is 5.91 Å². The average Bonchev–Trinajstić information content (AvgIpc) is 3.22. The van der Waals surface area contributed by atoms with E-state index in [2.05, 4.69) is 0 Å². The van der Waals surface area contributed by atoms with Gasteiger partial charge in [-0.2, -0.15) is 0 Å². The van der Waals surface area contributed by atoms with Gasteiger partial charge in [-0.15, -0.1) is 11.8 Å². The number of carboxylic acid groups (broad SMARTS) is 1. The van der Waals surface area contributed by atoms with Gasteiger partial charge < -0.3 is 10.0 Å². The summed E-state index contributed by atoms with van der Waals surface area (Å²) in [7, 11) is 0. The van der Waals surface area contributed by atoms with E-state index in [0.717, 1.165) is 36.7 Å². The maximum absolute atomic E-state index is 13.1. The molecule has 114 valence electrons. The minimum absolute atomic E-state index is 0.00503. The third-order valence-electron chi connectivity index (χ3n) is 3.11. The van der Waals surface area contributed by atoms with Crippen LogP contribution in [0, 0.1) is 17.6 Å². The predicted molar refractivity (Wildman–Crippen MR) is 74.0 cm³/mol. The summed E-state index contributed by atoms with van der Waals surface area (Å²) in [5, 5.41) is 8.83. The summed E-state index contributed by atoms with van der Waals surface area (Å²) in [6.45, 7) is 0.122. The van der Waals surface area contributed by atoms with Crippen LogP contribution in [0.4, 0.5) is 8.78 Å². The van der Waals surface area contributed by atoms with Crippen LogP contribution in [0.1, 0.15) is 12.8 Å². The monoisotopic (exact) mass is 315 g/mol. The highest BCUT2D eigenvalue weighted by molar-refractivity contribution is 8.00. The highest BCUT2D eigenvalue weighted by Gasteiger charge is 2.27. The lowest BCUT2D eigenvalue weighted by atomic mass is 10.3. The van der Waals surface area contributed by atoms with Gasteiger partial charge in [0.1, 0.15) is 6.54 Å². The second-order valence-electron chi connectivity index (χ2n) is 4.98. The van der Waals surface area contributed by atoms with E-state index in [-0.39, 0.29) is 18.2 Å². The second-order valence-corrected chi connectivity index (χ2v) is 6.02. The van der Waals surface area contributed by atoms with Crippen molar-refractivity contribution in [2.24, 2.45) is 5.92 Å². The largest absolute Gasteiger partial charge is 0.480 e. The predicted octanol–water partition coefficient (Wildman–Crippen LogP) is 2.38. The lowest BCUT2D eigenvalue weighted by Gasteiger charge is -2.20. The van der Waals surface area contributed by atoms with Crippen molar-refractivity contribution in [2.45, 2.75) is 17.7 Å². The summed E-state index contributed by atoms with van der Waals surface area (Å²) in [6, 6.07) is 3.41. The van der Waals surface area contributed by atoms with Gasteiger partial charge in [-0.05, 0) is 37.0 Å². The molecule has 2 rings (SSSR count). The maximum atomic E-state index is 13.1. The first-order valence-electron chi connectivity index (χ1n) is 6.53. The van der Waals surface area contributed by atoms with Crippen LogP contribution in [-0.4, -0.2) is 40.7 Å². The van der Waals surface area contributed by atoms with Gasteiger partial charge in [0.05, 0.1) is 5.75 Å². The van der Waals surface area contributed by atoms with Gasteiger partial charge in [0.25, 0.3) is 0 Å². The fourth-order valence-corrected chi connectivity index (χ4v) is 2.66. The zero-order valence-corrected chi connectivity index (χ0v) is 12.0. The van der Waals surface area contributed by atoms with Crippen LogP contribution in [0.5, 0.6) is 0 Å². The molecule has 1 aromatic rings. The Balaban J connectivity index is 1.90. The fraction of sp³-hybridized carbons (Fsp3) is 0.429. The first kappa shape index (κ1) is 15.8. The Bertz CT molecular complexity index is 549. The molecule has 0 heterocycles. The summed E-state index contributed by atoms with van der Waals surface area (Å²) in [5.41, 5.74) is 0. The van der Waals surface area contributed by atoms with E-state index in [9.17, 15) is 18.4 Å². The molecule has 1 aromatic carbocycles. The summed E-state index contributed by atoms with van der Waals surface area (Å²) in [5.74, 6) is -2.87. The Kier molecular flexibility index (Phi) is 5.17. The van der Waals surface area contributed by atoms with Gasteiger partial charge in [-0.3, -0.25) is 9.59 Å². The zero-order valence-electron chi connectivity index (χ0n) is 11.2. The summed E-state index contributed by atoms with van der Waals surface area (Å²) < 4.78 is 25.8. The molecule has 7 heteroatoms. The topological polar surface area (TPSA) is 57.6 Å².